The van der Waals surface area contributed by atoms with Crippen LogP contribution < -0.4 is 11.0 Å². The minimum atomic E-state index is -1.40. The molecule has 3 rings (SSSR count). The summed E-state index contributed by atoms with van der Waals surface area (Å²) in [5, 5.41) is 31.8. The first-order valence-electron chi connectivity index (χ1n) is 12.9. The van der Waals surface area contributed by atoms with E-state index in [1.165, 1.54) is 42.3 Å². The van der Waals surface area contributed by atoms with Gasteiger partial charge in [0.2, 0.25) is 5.91 Å². The van der Waals surface area contributed by atoms with E-state index in [0.717, 1.165) is 16.6 Å². The number of allylic oxidation sites excluding steroid dienone is 9. The highest BCUT2D eigenvalue weighted by Gasteiger charge is 2.43. The average molecular weight is 526 g/mol. The lowest BCUT2D eigenvalue weighted by Gasteiger charge is -2.32. The first kappa shape index (κ1) is 29.4. The normalized spacial score (nSPS) is 26.5. The van der Waals surface area contributed by atoms with Crippen LogP contribution in [0.3, 0.4) is 0 Å². The number of rotatable bonds is 8. The van der Waals surface area contributed by atoms with Gasteiger partial charge in [-0.05, 0) is 62.7 Å². The Balaban J connectivity index is 1.59. The molecule has 0 saturated carbocycles. The summed E-state index contributed by atoms with van der Waals surface area (Å²) in [5.41, 5.74) is 4.08. The van der Waals surface area contributed by atoms with E-state index in [9.17, 15) is 24.9 Å². The summed E-state index contributed by atoms with van der Waals surface area (Å²) in [4.78, 5) is 28.6. The van der Waals surface area contributed by atoms with Gasteiger partial charge < -0.3 is 25.4 Å². The van der Waals surface area contributed by atoms with Gasteiger partial charge in [0.25, 0.3) is 0 Å². The zero-order chi connectivity index (χ0) is 28.0. The Morgan fingerprint density at radius 1 is 1.24 bits per heavy atom. The van der Waals surface area contributed by atoms with Crippen molar-refractivity contribution in [3.8, 4) is 0 Å². The molecule has 4 atom stereocenters. The molecule has 0 unspecified atom stereocenters. The summed E-state index contributed by atoms with van der Waals surface area (Å²) in [6.07, 6.45) is 11.4. The predicted octanol–water partition coefficient (Wildman–Crippen LogP) is 3.32. The number of nitrogens with one attached hydrogen (secondary N) is 1. The van der Waals surface area contributed by atoms with Gasteiger partial charge in [-0.15, -0.1) is 0 Å². The number of carbonyl (C=O) groups excluding carboxylic acids is 1. The van der Waals surface area contributed by atoms with Crippen LogP contribution in [0.5, 0.6) is 0 Å². The van der Waals surface area contributed by atoms with E-state index >= 15 is 0 Å². The van der Waals surface area contributed by atoms with Crippen molar-refractivity contribution in [1.29, 1.82) is 0 Å². The number of aliphatic hydroxyl groups is 3. The van der Waals surface area contributed by atoms with Gasteiger partial charge >= 0.3 is 5.69 Å². The van der Waals surface area contributed by atoms with Crippen LogP contribution in [0.2, 0.25) is 0 Å². The number of aliphatic hydroxyl groups excluding tert-OH is 3. The van der Waals surface area contributed by atoms with Crippen molar-refractivity contribution in [2.45, 2.75) is 78.4 Å². The Kier molecular flexibility index (Phi) is 9.78. The molecule has 1 aliphatic heterocycles. The topological polar surface area (TPSA) is 134 Å². The highest BCUT2D eigenvalue weighted by Crippen LogP contribution is 2.40. The van der Waals surface area contributed by atoms with Gasteiger partial charge in [-0.2, -0.15) is 4.98 Å². The fourth-order valence-electron chi connectivity index (χ4n) is 4.84. The van der Waals surface area contributed by atoms with E-state index in [2.05, 4.69) is 43.2 Å². The molecular formula is C29H39N3O6. The molecule has 9 nitrogen and oxygen atoms in total. The molecule has 0 aromatic carbocycles. The van der Waals surface area contributed by atoms with E-state index in [-0.39, 0.29) is 11.2 Å². The van der Waals surface area contributed by atoms with Gasteiger partial charge in [-0.25, -0.2) is 4.79 Å². The molecule has 0 bridgehead atoms. The molecule has 0 radical (unpaired) electrons. The lowest BCUT2D eigenvalue weighted by molar-refractivity contribution is -0.112. The van der Waals surface area contributed by atoms with Crippen molar-refractivity contribution < 1.29 is 24.9 Å². The van der Waals surface area contributed by atoms with Crippen LogP contribution in [-0.4, -0.2) is 55.7 Å². The van der Waals surface area contributed by atoms with E-state index in [0.29, 0.717) is 5.57 Å². The minimum absolute atomic E-state index is 0.0344. The molecule has 1 aliphatic carbocycles. The van der Waals surface area contributed by atoms with Gasteiger partial charge in [-0.3, -0.25) is 9.36 Å². The van der Waals surface area contributed by atoms with Gasteiger partial charge in [0.05, 0.1) is 6.61 Å². The Morgan fingerprint density at radius 3 is 2.61 bits per heavy atom. The molecule has 38 heavy (non-hydrogen) atoms. The third-order valence-corrected chi connectivity index (χ3v) is 7.00. The van der Waals surface area contributed by atoms with Crippen molar-refractivity contribution >= 4 is 11.7 Å². The number of nitrogens with zero attached hydrogens (tertiary/aromatic N) is 2. The third kappa shape index (κ3) is 7.26. The van der Waals surface area contributed by atoms with Crippen molar-refractivity contribution in [2.24, 2.45) is 5.41 Å². The first-order chi connectivity index (χ1) is 17.9. The second kappa shape index (κ2) is 12.6. The molecule has 9 heteroatoms. The summed E-state index contributed by atoms with van der Waals surface area (Å²) in [6, 6.07) is 1.39. The largest absolute Gasteiger partial charge is 0.394 e. The fraction of sp³-hybridized carbons (Fsp3) is 0.483. The lowest BCUT2D eigenvalue weighted by Crippen LogP contribution is -2.36. The Labute approximate surface area is 223 Å². The Hall–Kier alpha value is -3.11. The van der Waals surface area contributed by atoms with Crippen molar-refractivity contribution in [2.75, 3.05) is 11.9 Å². The average Bonchev–Trinajstić information content (AvgIpc) is 3.11. The molecule has 1 fully saturated rings. The molecule has 2 aliphatic rings. The number of amides is 1. The maximum absolute atomic E-state index is 12.4. The number of carbonyl (C=O) groups is 1. The number of hydrogen-bond acceptors (Lipinski definition) is 7. The lowest BCUT2D eigenvalue weighted by atomic mass is 9.72. The first-order valence-corrected chi connectivity index (χ1v) is 12.9. The molecular weight excluding hydrogens is 486 g/mol. The van der Waals surface area contributed by atoms with E-state index in [1.807, 2.05) is 25.2 Å². The Bertz CT molecular complexity index is 1240. The summed E-state index contributed by atoms with van der Waals surface area (Å²) in [6.45, 7) is 10.1. The number of aromatic nitrogens is 2. The summed E-state index contributed by atoms with van der Waals surface area (Å²) >= 11 is 0. The number of anilines is 1. The monoisotopic (exact) mass is 525 g/mol. The standard InChI is InChI=1S/C29H39N3O6/c1-18(11-12-21-20(3)10-7-14-29(21,4)5)8-6-9-19(2)16-24(34)30-23-13-15-32(28(37)31-23)27-26(36)25(35)22(17-33)38-27/h6,8-9,11-13,15-16,22,25-27,33,35-36H,7,10,14,17H2,1-5H3,(H,30,31,34,37)/b9-6+,12-11+,18-8+,19-16+/t22-,25-,26-,27-/m1/s1. The SMILES string of the molecule is CC1=C(/C=C/C(C)=C/C=C/C(C)=C/C(=O)Nc2ccn([C@@H]3O[C@H](CO)[C@@H](O)[C@H]3O)c(=O)n2)C(C)(C)CCC1. The summed E-state index contributed by atoms with van der Waals surface area (Å²) in [7, 11) is 0. The molecule has 1 saturated heterocycles. The minimum Gasteiger partial charge on any atom is -0.394 e. The maximum atomic E-state index is 12.4. The highest BCUT2D eigenvalue weighted by molar-refractivity contribution is 5.99. The van der Waals surface area contributed by atoms with Gasteiger partial charge in [0.15, 0.2) is 6.23 Å². The molecule has 206 valence electrons. The van der Waals surface area contributed by atoms with E-state index in [1.54, 1.807) is 6.92 Å². The van der Waals surface area contributed by atoms with Gasteiger partial charge in [0, 0.05) is 12.3 Å². The second-order valence-electron chi connectivity index (χ2n) is 10.6. The van der Waals surface area contributed by atoms with Gasteiger partial charge in [0.1, 0.15) is 24.1 Å². The van der Waals surface area contributed by atoms with Crippen LogP contribution in [0.4, 0.5) is 5.82 Å². The van der Waals surface area contributed by atoms with Crippen LogP contribution in [0.1, 0.15) is 60.1 Å². The van der Waals surface area contributed by atoms with Gasteiger partial charge in [-0.1, -0.05) is 55.4 Å². The Morgan fingerprint density at radius 2 is 1.97 bits per heavy atom. The second-order valence-corrected chi connectivity index (χ2v) is 10.6. The number of hydrogen-bond donors (Lipinski definition) is 4. The predicted molar refractivity (Wildman–Crippen MR) is 146 cm³/mol. The summed E-state index contributed by atoms with van der Waals surface area (Å²) < 4.78 is 6.35. The molecule has 2 heterocycles. The van der Waals surface area contributed by atoms with Crippen LogP contribution in [0.15, 0.2) is 75.8 Å². The van der Waals surface area contributed by atoms with Crippen LogP contribution in [0.25, 0.3) is 0 Å². The van der Waals surface area contributed by atoms with E-state index < -0.39 is 42.7 Å². The zero-order valence-electron chi connectivity index (χ0n) is 22.7. The third-order valence-electron chi connectivity index (χ3n) is 7.00. The van der Waals surface area contributed by atoms with Crippen LogP contribution in [-0.2, 0) is 9.53 Å². The van der Waals surface area contributed by atoms with Crippen LogP contribution in [0, 0.1) is 5.41 Å². The van der Waals surface area contributed by atoms with Crippen molar-refractivity contribution in [3.63, 3.8) is 0 Å². The highest BCUT2D eigenvalue weighted by atomic mass is 16.6. The summed E-state index contributed by atoms with van der Waals surface area (Å²) in [5.74, 6) is -0.417. The maximum Gasteiger partial charge on any atom is 0.351 e. The fourth-order valence-corrected chi connectivity index (χ4v) is 4.84. The van der Waals surface area contributed by atoms with E-state index in [4.69, 9.17) is 4.74 Å². The molecule has 1 aromatic heterocycles. The molecule has 1 aromatic rings. The quantitative estimate of drug-likeness (QED) is 0.302. The molecule has 4 N–H and O–H groups in total. The van der Waals surface area contributed by atoms with Crippen molar-refractivity contribution in [3.05, 3.63) is 81.5 Å². The van der Waals surface area contributed by atoms with Crippen LogP contribution >= 0.6 is 0 Å². The number of ether oxygens (including phenoxy) is 1. The smallest absolute Gasteiger partial charge is 0.351 e. The zero-order valence-corrected chi connectivity index (χ0v) is 22.7. The molecule has 1 amide bonds. The van der Waals surface area contributed by atoms with Crippen molar-refractivity contribution in [1.82, 2.24) is 9.55 Å². The molecule has 0 spiro atoms.